The van der Waals surface area contributed by atoms with Crippen LogP contribution < -0.4 is 10.1 Å². The summed E-state index contributed by atoms with van der Waals surface area (Å²) in [5, 5.41) is 12.0. The lowest BCUT2D eigenvalue weighted by Gasteiger charge is -2.22. The van der Waals surface area contributed by atoms with Crippen LogP contribution in [0.4, 0.5) is 4.39 Å². The Labute approximate surface area is 124 Å². The molecule has 116 valence electrons. The summed E-state index contributed by atoms with van der Waals surface area (Å²) in [4.78, 5) is 12.3. The highest BCUT2D eigenvalue weighted by atomic mass is 19.1. The van der Waals surface area contributed by atoms with Gasteiger partial charge in [-0.25, -0.2) is 4.39 Å². The number of rotatable bonds is 8. The van der Waals surface area contributed by atoms with Crippen LogP contribution in [-0.4, -0.2) is 29.8 Å². The molecule has 1 aromatic carbocycles. The minimum absolute atomic E-state index is 0.0132. The fourth-order valence-electron chi connectivity index (χ4n) is 2.35. The number of para-hydroxylation sites is 1. The number of benzene rings is 1. The van der Waals surface area contributed by atoms with Crippen LogP contribution in [-0.2, 0) is 4.79 Å². The molecule has 2 N–H and O–H groups in total. The maximum absolute atomic E-state index is 13.6. The second-order valence-electron chi connectivity index (χ2n) is 5.41. The summed E-state index contributed by atoms with van der Waals surface area (Å²) in [6.07, 6.45) is 2.44. The van der Waals surface area contributed by atoms with Gasteiger partial charge in [0, 0.05) is 12.6 Å². The first kappa shape index (κ1) is 15.8. The lowest BCUT2D eigenvalue weighted by Crippen LogP contribution is -2.45. The van der Waals surface area contributed by atoms with E-state index < -0.39 is 11.9 Å². The van der Waals surface area contributed by atoms with Gasteiger partial charge in [0.1, 0.15) is 0 Å². The quantitative estimate of drug-likeness (QED) is 0.773. The third-order valence-corrected chi connectivity index (χ3v) is 3.73. The van der Waals surface area contributed by atoms with Crippen molar-refractivity contribution in [3.05, 3.63) is 30.1 Å². The van der Waals surface area contributed by atoms with Gasteiger partial charge in [-0.3, -0.25) is 4.79 Å². The summed E-state index contributed by atoms with van der Waals surface area (Å²) in [6, 6.07) is 6.05. The maximum Gasteiger partial charge on any atom is 0.261 e. The Hall–Kier alpha value is -1.62. The molecule has 1 fully saturated rings. The summed E-state index contributed by atoms with van der Waals surface area (Å²) in [5.74, 6) is -0.180. The van der Waals surface area contributed by atoms with E-state index in [4.69, 9.17) is 9.84 Å². The third kappa shape index (κ3) is 4.43. The van der Waals surface area contributed by atoms with Crippen LogP contribution in [0.25, 0.3) is 0 Å². The van der Waals surface area contributed by atoms with Crippen molar-refractivity contribution < 1.29 is 19.0 Å². The van der Waals surface area contributed by atoms with Gasteiger partial charge < -0.3 is 15.2 Å². The first-order valence-electron chi connectivity index (χ1n) is 7.48. The first-order valence-corrected chi connectivity index (χ1v) is 7.48. The van der Waals surface area contributed by atoms with Crippen molar-refractivity contribution in [3.8, 4) is 5.75 Å². The molecule has 0 aliphatic heterocycles. The van der Waals surface area contributed by atoms with Gasteiger partial charge in [0.05, 0.1) is 0 Å². The highest BCUT2D eigenvalue weighted by Gasteiger charge is 2.33. The molecular weight excluding hydrogens is 273 g/mol. The molecular formula is C16H22FNO3. The SMILES string of the molecule is CCC(Oc1ccccc1F)C(=O)NC(CCO)C1CC1. The van der Waals surface area contributed by atoms with E-state index in [1.807, 2.05) is 6.92 Å². The monoisotopic (exact) mass is 295 g/mol. The average molecular weight is 295 g/mol. The van der Waals surface area contributed by atoms with E-state index in [0.717, 1.165) is 12.8 Å². The molecule has 0 radical (unpaired) electrons. The zero-order valence-electron chi connectivity index (χ0n) is 12.2. The molecule has 2 rings (SSSR count). The number of ether oxygens (including phenoxy) is 1. The van der Waals surface area contributed by atoms with Crippen LogP contribution in [0.3, 0.4) is 0 Å². The molecule has 0 bridgehead atoms. The second-order valence-corrected chi connectivity index (χ2v) is 5.41. The molecule has 0 heterocycles. The van der Waals surface area contributed by atoms with Crippen LogP contribution in [0.1, 0.15) is 32.6 Å². The molecule has 1 aromatic rings. The Kier molecular flexibility index (Phi) is 5.56. The Morgan fingerprint density at radius 3 is 2.76 bits per heavy atom. The zero-order valence-corrected chi connectivity index (χ0v) is 12.2. The van der Waals surface area contributed by atoms with Crippen LogP contribution >= 0.6 is 0 Å². The second kappa shape index (κ2) is 7.41. The first-order chi connectivity index (χ1) is 10.2. The van der Waals surface area contributed by atoms with Gasteiger partial charge in [-0.15, -0.1) is 0 Å². The smallest absolute Gasteiger partial charge is 0.261 e. The summed E-state index contributed by atoms with van der Waals surface area (Å²) >= 11 is 0. The standard InChI is InChI=1S/C16H22FNO3/c1-2-14(21-15-6-4-3-5-12(15)17)16(20)18-13(9-10-19)11-7-8-11/h3-6,11,13-14,19H,2,7-10H2,1H3,(H,18,20). The van der Waals surface area contributed by atoms with E-state index >= 15 is 0 Å². The third-order valence-electron chi connectivity index (χ3n) is 3.73. The topological polar surface area (TPSA) is 58.6 Å². The lowest BCUT2D eigenvalue weighted by atomic mass is 10.1. The van der Waals surface area contributed by atoms with Crippen molar-refractivity contribution >= 4 is 5.91 Å². The number of nitrogens with one attached hydrogen (secondary N) is 1. The van der Waals surface area contributed by atoms with Crippen LogP contribution in [0.5, 0.6) is 5.75 Å². The van der Waals surface area contributed by atoms with E-state index in [1.165, 1.54) is 12.1 Å². The number of carbonyl (C=O) groups is 1. The Balaban J connectivity index is 1.96. The summed E-state index contributed by atoms with van der Waals surface area (Å²) in [5.41, 5.74) is 0. The molecule has 21 heavy (non-hydrogen) atoms. The molecule has 0 spiro atoms. The highest BCUT2D eigenvalue weighted by Crippen LogP contribution is 2.34. The summed E-state index contributed by atoms with van der Waals surface area (Å²) < 4.78 is 19.1. The van der Waals surface area contributed by atoms with Gasteiger partial charge in [0.15, 0.2) is 17.7 Å². The van der Waals surface area contributed by atoms with Gasteiger partial charge >= 0.3 is 0 Å². The van der Waals surface area contributed by atoms with E-state index in [9.17, 15) is 9.18 Å². The number of amides is 1. The molecule has 1 aliphatic rings. The largest absolute Gasteiger partial charge is 0.478 e. The summed E-state index contributed by atoms with van der Waals surface area (Å²) in [7, 11) is 0. The molecule has 4 nitrogen and oxygen atoms in total. The highest BCUT2D eigenvalue weighted by molar-refractivity contribution is 5.81. The molecule has 1 amide bonds. The Bertz CT molecular complexity index is 476. The molecule has 0 saturated heterocycles. The van der Waals surface area contributed by atoms with Crippen molar-refractivity contribution in [1.29, 1.82) is 0 Å². The number of carbonyl (C=O) groups excluding carboxylic acids is 1. The Morgan fingerprint density at radius 2 is 2.19 bits per heavy atom. The van der Waals surface area contributed by atoms with Crippen molar-refractivity contribution in [2.24, 2.45) is 5.92 Å². The molecule has 2 atom stereocenters. The van der Waals surface area contributed by atoms with E-state index in [-0.39, 0.29) is 24.3 Å². The maximum atomic E-state index is 13.6. The average Bonchev–Trinajstić information content (AvgIpc) is 3.30. The molecule has 5 heteroatoms. The fraction of sp³-hybridized carbons (Fsp3) is 0.562. The number of halogens is 1. The van der Waals surface area contributed by atoms with Gasteiger partial charge in [0.25, 0.3) is 5.91 Å². The molecule has 1 aliphatic carbocycles. The van der Waals surface area contributed by atoms with Crippen molar-refractivity contribution in [3.63, 3.8) is 0 Å². The fourth-order valence-corrected chi connectivity index (χ4v) is 2.35. The van der Waals surface area contributed by atoms with Gasteiger partial charge in [-0.1, -0.05) is 19.1 Å². The number of aliphatic hydroxyl groups is 1. The van der Waals surface area contributed by atoms with E-state index in [0.29, 0.717) is 18.8 Å². The number of hydrogen-bond donors (Lipinski definition) is 2. The zero-order chi connectivity index (χ0) is 15.2. The van der Waals surface area contributed by atoms with Gasteiger partial charge in [-0.2, -0.15) is 0 Å². The number of aliphatic hydroxyl groups excluding tert-OH is 1. The minimum Gasteiger partial charge on any atom is -0.478 e. The van der Waals surface area contributed by atoms with Crippen molar-refractivity contribution in [2.75, 3.05) is 6.61 Å². The molecule has 0 aromatic heterocycles. The lowest BCUT2D eigenvalue weighted by molar-refractivity contribution is -0.129. The van der Waals surface area contributed by atoms with E-state index in [1.54, 1.807) is 12.1 Å². The normalized spacial score (nSPS) is 17.1. The van der Waals surface area contributed by atoms with Crippen molar-refractivity contribution in [1.82, 2.24) is 5.32 Å². The van der Waals surface area contributed by atoms with Gasteiger partial charge in [0.2, 0.25) is 0 Å². The summed E-state index contributed by atoms with van der Waals surface area (Å²) in [6.45, 7) is 1.87. The van der Waals surface area contributed by atoms with Crippen LogP contribution in [0.15, 0.2) is 24.3 Å². The van der Waals surface area contributed by atoms with Crippen LogP contribution in [0, 0.1) is 11.7 Å². The van der Waals surface area contributed by atoms with Gasteiger partial charge in [-0.05, 0) is 43.7 Å². The van der Waals surface area contributed by atoms with E-state index in [2.05, 4.69) is 5.32 Å². The predicted molar refractivity (Wildman–Crippen MR) is 77.5 cm³/mol. The van der Waals surface area contributed by atoms with Crippen molar-refractivity contribution in [2.45, 2.75) is 44.8 Å². The predicted octanol–water partition coefficient (Wildman–Crippen LogP) is 2.26. The molecule has 1 saturated carbocycles. The number of hydrogen-bond acceptors (Lipinski definition) is 3. The minimum atomic E-state index is -0.721. The Morgan fingerprint density at radius 1 is 1.48 bits per heavy atom. The van der Waals surface area contributed by atoms with Crippen LogP contribution in [0.2, 0.25) is 0 Å². The molecule has 2 unspecified atom stereocenters.